The van der Waals surface area contributed by atoms with Gasteiger partial charge in [-0.05, 0) is 62.2 Å². The van der Waals surface area contributed by atoms with Gasteiger partial charge < -0.3 is 15.0 Å². The number of nitrogens with zero attached hydrogens (tertiary/aromatic N) is 2. The fourth-order valence-electron chi connectivity index (χ4n) is 3.66. The molecule has 7 heteroatoms. The third-order valence-electron chi connectivity index (χ3n) is 4.91. The van der Waals surface area contributed by atoms with Crippen LogP contribution in [-0.2, 0) is 9.59 Å². The molecule has 3 aromatic rings. The van der Waals surface area contributed by atoms with Gasteiger partial charge in [-0.3, -0.25) is 9.59 Å². The summed E-state index contributed by atoms with van der Waals surface area (Å²) >= 11 is 1.40. The average molecular weight is 410 g/mol. The van der Waals surface area contributed by atoms with Gasteiger partial charge in [0.15, 0.2) is 5.13 Å². The normalized spacial score (nSPS) is 16.4. The Bertz CT molecular complexity index is 1070. The summed E-state index contributed by atoms with van der Waals surface area (Å²) in [5, 5.41) is 3.43. The number of nitrogens with one attached hydrogen (secondary N) is 1. The van der Waals surface area contributed by atoms with Gasteiger partial charge in [-0.15, -0.1) is 0 Å². The zero-order chi connectivity index (χ0) is 20.5. The molecule has 1 saturated heterocycles. The van der Waals surface area contributed by atoms with Gasteiger partial charge in [0.1, 0.15) is 5.75 Å². The number of thiazole rings is 1. The van der Waals surface area contributed by atoms with Crippen LogP contribution in [0.1, 0.15) is 24.5 Å². The number of hydrogen-bond acceptors (Lipinski definition) is 5. The summed E-state index contributed by atoms with van der Waals surface area (Å²) in [6.45, 7) is 6.93. The van der Waals surface area contributed by atoms with Crippen LogP contribution in [0.15, 0.2) is 36.4 Å². The van der Waals surface area contributed by atoms with Crippen LogP contribution >= 0.6 is 11.3 Å². The van der Waals surface area contributed by atoms with Crippen LogP contribution in [0.2, 0.25) is 0 Å². The molecule has 1 aromatic heterocycles. The summed E-state index contributed by atoms with van der Waals surface area (Å²) in [5.74, 6) is 0.191. The van der Waals surface area contributed by atoms with E-state index in [1.165, 1.54) is 11.3 Å². The number of hydrogen-bond donors (Lipinski definition) is 1. The molecule has 2 amide bonds. The van der Waals surface area contributed by atoms with E-state index >= 15 is 0 Å². The summed E-state index contributed by atoms with van der Waals surface area (Å²) < 4.78 is 6.47. The number of benzene rings is 2. The first kappa shape index (κ1) is 19.4. The fourth-order valence-corrected chi connectivity index (χ4v) is 4.56. The summed E-state index contributed by atoms with van der Waals surface area (Å²) in [5.41, 5.74) is 3.86. The highest BCUT2D eigenvalue weighted by atomic mass is 32.1. The minimum Gasteiger partial charge on any atom is -0.494 e. The van der Waals surface area contributed by atoms with E-state index in [1.54, 1.807) is 4.90 Å². The molecule has 2 aromatic carbocycles. The Morgan fingerprint density at radius 3 is 2.72 bits per heavy atom. The van der Waals surface area contributed by atoms with Crippen molar-refractivity contribution in [3.05, 3.63) is 47.5 Å². The molecule has 0 radical (unpaired) electrons. The predicted molar refractivity (Wildman–Crippen MR) is 116 cm³/mol. The Morgan fingerprint density at radius 1 is 1.24 bits per heavy atom. The molecule has 150 valence electrons. The zero-order valence-corrected chi connectivity index (χ0v) is 17.5. The van der Waals surface area contributed by atoms with Crippen molar-refractivity contribution in [2.24, 2.45) is 5.92 Å². The maximum Gasteiger partial charge on any atom is 0.231 e. The molecular weight excluding hydrogens is 386 g/mol. The van der Waals surface area contributed by atoms with Crippen molar-refractivity contribution in [3.63, 3.8) is 0 Å². The SMILES string of the molecule is CCOc1ccc2nc(NC(=O)C3CC(=O)N(c4cc(C)cc(C)c4)C3)sc2c1. The molecule has 0 spiro atoms. The average Bonchev–Trinajstić information content (AvgIpc) is 3.23. The van der Waals surface area contributed by atoms with Crippen molar-refractivity contribution >= 4 is 44.2 Å². The number of anilines is 2. The minimum atomic E-state index is -0.394. The van der Waals surface area contributed by atoms with E-state index in [0.29, 0.717) is 18.3 Å². The smallest absolute Gasteiger partial charge is 0.231 e. The molecule has 1 aliphatic heterocycles. The van der Waals surface area contributed by atoms with Crippen molar-refractivity contribution in [2.45, 2.75) is 27.2 Å². The van der Waals surface area contributed by atoms with Gasteiger partial charge in [-0.25, -0.2) is 4.98 Å². The Hall–Kier alpha value is -2.93. The van der Waals surface area contributed by atoms with E-state index in [0.717, 1.165) is 32.8 Å². The monoisotopic (exact) mass is 409 g/mol. The van der Waals surface area contributed by atoms with E-state index in [1.807, 2.05) is 51.1 Å². The number of fused-ring (bicyclic) bond motifs is 1. The highest BCUT2D eigenvalue weighted by molar-refractivity contribution is 7.22. The standard InChI is InChI=1S/C22H23N3O3S/c1-4-28-17-5-6-18-19(11-17)29-22(23-18)24-21(27)15-10-20(26)25(12-15)16-8-13(2)7-14(3)9-16/h5-9,11,15H,4,10,12H2,1-3H3,(H,23,24,27). The molecule has 0 aliphatic carbocycles. The van der Waals surface area contributed by atoms with Crippen molar-refractivity contribution in [3.8, 4) is 5.75 Å². The molecule has 1 atom stereocenters. The lowest BCUT2D eigenvalue weighted by molar-refractivity contribution is -0.122. The highest BCUT2D eigenvalue weighted by Gasteiger charge is 2.35. The molecule has 0 bridgehead atoms. The Balaban J connectivity index is 1.47. The van der Waals surface area contributed by atoms with E-state index < -0.39 is 5.92 Å². The zero-order valence-electron chi connectivity index (χ0n) is 16.7. The van der Waals surface area contributed by atoms with Gasteiger partial charge in [0.05, 0.1) is 22.7 Å². The number of ether oxygens (including phenoxy) is 1. The third kappa shape index (κ3) is 4.10. The van der Waals surface area contributed by atoms with Crippen LogP contribution in [0.25, 0.3) is 10.2 Å². The number of aryl methyl sites for hydroxylation is 2. The molecule has 6 nitrogen and oxygen atoms in total. The van der Waals surface area contributed by atoms with Gasteiger partial charge in [-0.1, -0.05) is 17.4 Å². The molecule has 4 rings (SSSR count). The van der Waals surface area contributed by atoms with Crippen molar-refractivity contribution < 1.29 is 14.3 Å². The Morgan fingerprint density at radius 2 is 2.00 bits per heavy atom. The minimum absolute atomic E-state index is 0.0270. The highest BCUT2D eigenvalue weighted by Crippen LogP contribution is 2.31. The van der Waals surface area contributed by atoms with Gasteiger partial charge in [0.2, 0.25) is 11.8 Å². The quantitative estimate of drug-likeness (QED) is 0.682. The molecule has 29 heavy (non-hydrogen) atoms. The first-order chi connectivity index (χ1) is 13.9. The predicted octanol–water partition coefficient (Wildman–Crippen LogP) is 4.30. The van der Waals surface area contributed by atoms with E-state index in [9.17, 15) is 9.59 Å². The summed E-state index contributed by atoms with van der Waals surface area (Å²) in [4.78, 5) is 31.5. The maximum absolute atomic E-state index is 12.8. The molecule has 1 fully saturated rings. The lowest BCUT2D eigenvalue weighted by Gasteiger charge is -2.18. The molecule has 1 unspecified atom stereocenters. The second-order valence-electron chi connectivity index (χ2n) is 7.32. The van der Waals surface area contributed by atoms with E-state index in [-0.39, 0.29) is 18.2 Å². The second kappa shape index (κ2) is 7.83. The van der Waals surface area contributed by atoms with Crippen LogP contribution in [-0.4, -0.2) is 29.9 Å². The topological polar surface area (TPSA) is 71.5 Å². The summed E-state index contributed by atoms with van der Waals surface area (Å²) in [6.07, 6.45) is 0.207. The largest absolute Gasteiger partial charge is 0.494 e. The summed E-state index contributed by atoms with van der Waals surface area (Å²) in [7, 11) is 0. The number of aromatic nitrogens is 1. The van der Waals surface area contributed by atoms with Crippen LogP contribution in [0.3, 0.4) is 0 Å². The van der Waals surface area contributed by atoms with Crippen LogP contribution in [0.5, 0.6) is 5.75 Å². The van der Waals surface area contributed by atoms with Gasteiger partial charge in [-0.2, -0.15) is 0 Å². The van der Waals surface area contributed by atoms with Gasteiger partial charge in [0.25, 0.3) is 0 Å². The molecule has 1 aliphatic rings. The molecule has 2 heterocycles. The number of amides is 2. The van der Waals surface area contributed by atoms with Crippen molar-refractivity contribution in [1.82, 2.24) is 4.98 Å². The van der Waals surface area contributed by atoms with Crippen molar-refractivity contribution in [1.29, 1.82) is 0 Å². The summed E-state index contributed by atoms with van der Waals surface area (Å²) in [6, 6.07) is 11.7. The maximum atomic E-state index is 12.8. The number of carbonyl (C=O) groups excluding carboxylic acids is 2. The Kier molecular flexibility index (Phi) is 5.24. The molecule has 0 saturated carbocycles. The molecule has 1 N–H and O–H groups in total. The van der Waals surface area contributed by atoms with E-state index in [2.05, 4.69) is 16.4 Å². The Labute approximate surface area is 173 Å². The second-order valence-corrected chi connectivity index (χ2v) is 8.35. The van der Waals surface area contributed by atoms with Gasteiger partial charge in [0, 0.05) is 18.7 Å². The van der Waals surface area contributed by atoms with E-state index in [4.69, 9.17) is 4.74 Å². The lowest BCUT2D eigenvalue weighted by atomic mass is 10.1. The fraction of sp³-hybridized carbons (Fsp3) is 0.318. The number of rotatable bonds is 5. The van der Waals surface area contributed by atoms with Crippen LogP contribution in [0.4, 0.5) is 10.8 Å². The van der Waals surface area contributed by atoms with Crippen LogP contribution in [0, 0.1) is 19.8 Å². The van der Waals surface area contributed by atoms with Crippen molar-refractivity contribution in [2.75, 3.05) is 23.4 Å². The molecular formula is C22H23N3O3S. The number of carbonyl (C=O) groups is 2. The van der Waals surface area contributed by atoms with Crippen LogP contribution < -0.4 is 15.0 Å². The first-order valence-corrected chi connectivity index (χ1v) is 10.5. The first-order valence-electron chi connectivity index (χ1n) is 9.66. The van der Waals surface area contributed by atoms with Gasteiger partial charge >= 0.3 is 0 Å². The lowest BCUT2D eigenvalue weighted by Crippen LogP contribution is -2.28. The third-order valence-corrected chi connectivity index (χ3v) is 5.85.